The number of hydrogen-bond acceptors (Lipinski definition) is 5. The summed E-state index contributed by atoms with van der Waals surface area (Å²) in [7, 11) is 0. The maximum atomic E-state index is 13.2. The molecule has 0 fully saturated rings. The SMILES string of the molecule is CC(c1nccs1)n1c(O)c(F)c(=O)[nH]c1=O. The van der Waals surface area contributed by atoms with Gasteiger partial charge >= 0.3 is 5.69 Å². The molecule has 17 heavy (non-hydrogen) atoms. The minimum Gasteiger partial charge on any atom is -0.492 e. The first-order valence-electron chi connectivity index (χ1n) is 4.65. The van der Waals surface area contributed by atoms with Crippen LogP contribution in [-0.4, -0.2) is 19.6 Å². The Morgan fingerprint density at radius 1 is 1.59 bits per heavy atom. The fourth-order valence-electron chi connectivity index (χ4n) is 1.43. The van der Waals surface area contributed by atoms with E-state index in [0.29, 0.717) is 5.01 Å². The van der Waals surface area contributed by atoms with E-state index in [9.17, 15) is 19.1 Å². The Morgan fingerprint density at radius 2 is 2.29 bits per heavy atom. The lowest BCUT2D eigenvalue weighted by molar-refractivity contribution is 0.351. The standard InChI is InChI=1S/C9H8FN3O3S/c1-4(7-11-2-3-17-7)13-8(15)5(10)6(14)12-9(13)16/h2-4,15H,1H3,(H,12,14,16). The number of aromatic hydroxyl groups is 1. The molecule has 0 aliphatic carbocycles. The molecule has 2 aromatic heterocycles. The largest absolute Gasteiger partial charge is 0.492 e. The number of nitrogens with zero attached hydrogens (tertiary/aromatic N) is 2. The van der Waals surface area contributed by atoms with E-state index in [-0.39, 0.29) is 0 Å². The van der Waals surface area contributed by atoms with Gasteiger partial charge in [0, 0.05) is 11.6 Å². The van der Waals surface area contributed by atoms with Gasteiger partial charge in [-0.15, -0.1) is 11.3 Å². The average Bonchev–Trinajstić information content (AvgIpc) is 2.79. The maximum Gasteiger partial charge on any atom is 0.331 e. The predicted molar refractivity (Wildman–Crippen MR) is 58.9 cm³/mol. The first-order valence-corrected chi connectivity index (χ1v) is 5.53. The summed E-state index contributed by atoms with van der Waals surface area (Å²) in [4.78, 5) is 28.2. The first kappa shape index (κ1) is 11.5. The Bertz CT molecular complexity index is 646. The van der Waals surface area contributed by atoms with Crippen LogP contribution in [0.1, 0.15) is 18.0 Å². The summed E-state index contributed by atoms with van der Waals surface area (Å²) in [5.41, 5.74) is -2.12. The van der Waals surface area contributed by atoms with Crippen LogP contribution < -0.4 is 11.2 Å². The van der Waals surface area contributed by atoms with Gasteiger partial charge in [-0.2, -0.15) is 4.39 Å². The molecule has 1 unspecified atom stereocenters. The predicted octanol–water partition coefficient (Wildman–Crippen LogP) is 0.447. The van der Waals surface area contributed by atoms with Crippen LogP contribution in [0.4, 0.5) is 4.39 Å². The summed E-state index contributed by atoms with van der Waals surface area (Å²) in [5, 5.41) is 11.7. The van der Waals surface area contributed by atoms with Crippen molar-refractivity contribution in [2.75, 3.05) is 0 Å². The zero-order valence-electron chi connectivity index (χ0n) is 8.68. The summed E-state index contributed by atoms with van der Waals surface area (Å²) in [6.07, 6.45) is 1.53. The Balaban J connectivity index is 2.65. The second-order valence-corrected chi connectivity index (χ2v) is 4.24. The summed E-state index contributed by atoms with van der Waals surface area (Å²) >= 11 is 1.26. The third-order valence-electron chi connectivity index (χ3n) is 2.26. The molecule has 0 aliphatic rings. The van der Waals surface area contributed by atoms with E-state index in [2.05, 4.69) is 4.98 Å². The molecule has 0 radical (unpaired) electrons. The normalized spacial score (nSPS) is 12.6. The molecule has 0 amide bonds. The van der Waals surface area contributed by atoms with Gasteiger partial charge in [0.2, 0.25) is 11.7 Å². The van der Waals surface area contributed by atoms with Gasteiger partial charge in [0.05, 0.1) is 6.04 Å². The van der Waals surface area contributed by atoms with Crippen LogP contribution in [0.2, 0.25) is 0 Å². The van der Waals surface area contributed by atoms with E-state index >= 15 is 0 Å². The van der Waals surface area contributed by atoms with Gasteiger partial charge in [-0.3, -0.25) is 14.3 Å². The highest BCUT2D eigenvalue weighted by Crippen LogP contribution is 2.22. The summed E-state index contributed by atoms with van der Waals surface area (Å²) in [5.74, 6) is -2.37. The highest BCUT2D eigenvalue weighted by Gasteiger charge is 2.20. The van der Waals surface area contributed by atoms with Gasteiger partial charge in [-0.1, -0.05) is 0 Å². The van der Waals surface area contributed by atoms with E-state index in [4.69, 9.17) is 0 Å². The van der Waals surface area contributed by atoms with Gasteiger partial charge in [0.25, 0.3) is 5.56 Å². The molecule has 2 N–H and O–H groups in total. The summed E-state index contributed by atoms with van der Waals surface area (Å²) in [6, 6.07) is -0.658. The van der Waals surface area contributed by atoms with Crippen molar-refractivity contribution in [2.24, 2.45) is 0 Å². The van der Waals surface area contributed by atoms with Crippen LogP contribution in [0.15, 0.2) is 21.2 Å². The fraction of sp³-hybridized carbons (Fsp3) is 0.222. The number of aromatic nitrogens is 3. The second kappa shape index (κ2) is 4.13. The molecule has 6 nitrogen and oxygen atoms in total. The monoisotopic (exact) mass is 257 g/mol. The molecule has 2 heterocycles. The Morgan fingerprint density at radius 3 is 2.88 bits per heavy atom. The number of rotatable bonds is 2. The van der Waals surface area contributed by atoms with Crippen LogP contribution in [0.25, 0.3) is 0 Å². The Kier molecular flexibility index (Phi) is 2.80. The number of thiazole rings is 1. The van der Waals surface area contributed by atoms with Gasteiger partial charge in [0.1, 0.15) is 5.01 Å². The van der Waals surface area contributed by atoms with Crippen LogP contribution in [0.3, 0.4) is 0 Å². The van der Waals surface area contributed by atoms with Gasteiger partial charge < -0.3 is 5.11 Å². The van der Waals surface area contributed by atoms with E-state index in [1.54, 1.807) is 17.3 Å². The number of halogens is 1. The number of H-pyrrole nitrogens is 1. The minimum atomic E-state index is -1.38. The Labute approximate surface area is 98.0 Å². The molecule has 90 valence electrons. The molecular formula is C9H8FN3O3S. The molecule has 2 aromatic rings. The van der Waals surface area contributed by atoms with Crippen molar-refractivity contribution in [1.82, 2.24) is 14.5 Å². The lowest BCUT2D eigenvalue weighted by Gasteiger charge is -2.13. The van der Waals surface area contributed by atoms with Crippen molar-refractivity contribution in [2.45, 2.75) is 13.0 Å². The lowest BCUT2D eigenvalue weighted by Crippen LogP contribution is -2.33. The topological polar surface area (TPSA) is 88.0 Å². The number of nitrogens with one attached hydrogen (secondary N) is 1. The third kappa shape index (κ3) is 1.86. The van der Waals surface area contributed by atoms with Crippen LogP contribution >= 0.6 is 11.3 Å². The van der Waals surface area contributed by atoms with Gasteiger partial charge in [-0.05, 0) is 6.92 Å². The fourth-order valence-corrected chi connectivity index (χ4v) is 2.11. The van der Waals surface area contributed by atoms with E-state index in [1.807, 2.05) is 0 Å². The van der Waals surface area contributed by atoms with Crippen molar-refractivity contribution in [3.05, 3.63) is 43.2 Å². The minimum absolute atomic E-state index is 0.522. The van der Waals surface area contributed by atoms with Crippen LogP contribution in [-0.2, 0) is 0 Å². The molecule has 0 bridgehead atoms. The van der Waals surface area contributed by atoms with Gasteiger partial charge in [0.15, 0.2) is 0 Å². The molecular weight excluding hydrogens is 249 g/mol. The van der Waals surface area contributed by atoms with Gasteiger partial charge in [-0.25, -0.2) is 9.78 Å². The average molecular weight is 257 g/mol. The van der Waals surface area contributed by atoms with Crippen molar-refractivity contribution in [3.63, 3.8) is 0 Å². The molecule has 2 rings (SSSR count). The highest BCUT2D eigenvalue weighted by molar-refractivity contribution is 7.09. The van der Waals surface area contributed by atoms with E-state index < -0.39 is 29.0 Å². The molecule has 0 saturated heterocycles. The Hall–Kier alpha value is -1.96. The number of hydrogen-bond donors (Lipinski definition) is 2. The van der Waals surface area contributed by atoms with Crippen molar-refractivity contribution in [1.29, 1.82) is 0 Å². The van der Waals surface area contributed by atoms with E-state index in [0.717, 1.165) is 4.57 Å². The zero-order chi connectivity index (χ0) is 12.6. The molecule has 0 saturated carbocycles. The molecule has 0 aromatic carbocycles. The smallest absolute Gasteiger partial charge is 0.331 e. The number of aromatic amines is 1. The molecule has 0 aliphatic heterocycles. The maximum absolute atomic E-state index is 13.2. The zero-order valence-corrected chi connectivity index (χ0v) is 9.49. The first-order chi connectivity index (χ1) is 8.02. The van der Waals surface area contributed by atoms with Crippen molar-refractivity contribution in [3.8, 4) is 5.88 Å². The second-order valence-electron chi connectivity index (χ2n) is 3.31. The lowest BCUT2D eigenvalue weighted by atomic mass is 10.3. The summed E-state index contributed by atoms with van der Waals surface area (Å²) in [6.45, 7) is 1.57. The highest BCUT2D eigenvalue weighted by atomic mass is 32.1. The summed E-state index contributed by atoms with van der Waals surface area (Å²) < 4.78 is 13.9. The quantitative estimate of drug-likeness (QED) is 0.817. The molecule has 1 atom stereocenters. The van der Waals surface area contributed by atoms with Crippen LogP contribution in [0, 0.1) is 5.82 Å². The van der Waals surface area contributed by atoms with Crippen molar-refractivity contribution >= 4 is 11.3 Å². The molecule has 0 spiro atoms. The van der Waals surface area contributed by atoms with Crippen molar-refractivity contribution < 1.29 is 9.50 Å². The molecule has 8 heteroatoms. The van der Waals surface area contributed by atoms with E-state index in [1.165, 1.54) is 17.5 Å². The third-order valence-corrected chi connectivity index (χ3v) is 3.21. The van der Waals surface area contributed by atoms with Crippen LogP contribution in [0.5, 0.6) is 5.88 Å².